The Kier molecular flexibility index (Phi) is 4.87. The Morgan fingerprint density at radius 1 is 1.25 bits per heavy atom. The first-order valence-electron chi connectivity index (χ1n) is 5.89. The highest BCUT2D eigenvalue weighted by molar-refractivity contribution is 9.10. The Bertz CT molecular complexity index is 659. The second kappa shape index (κ2) is 6.63. The molecule has 2 aromatic rings. The number of furan rings is 1. The van der Waals surface area contributed by atoms with Gasteiger partial charge in [-0.05, 0) is 37.3 Å². The third-order valence-corrected chi connectivity index (χ3v) is 3.31. The molecule has 0 aliphatic carbocycles. The number of hydrogen-bond acceptors (Lipinski definition) is 3. The van der Waals surface area contributed by atoms with Crippen LogP contribution < -0.4 is 5.32 Å². The van der Waals surface area contributed by atoms with Gasteiger partial charge in [-0.15, -0.1) is 0 Å². The normalized spacial score (nSPS) is 11.2. The summed E-state index contributed by atoms with van der Waals surface area (Å²) in [6, 6.07) is 11.5. The van der Waals surface area contributed by atoms with Gasteiger partial charge in [-0.25, -0.2) is 0 Å². The van der Waals surface area contributed by atoms with E-state index in [9.17, 15) is 4.79 Å². The zero-order chi connectivity index (χ0) is 14.5. The van der Waals surface area contributed by atoms with E-state index in [4.69, 9.17) is 4.42 Å². The highest BCUT2D eigenvalue weighted by atomic mass is 79.9. The van der Waals surface area contributed by atoms with Crippen molar-refractivity contribution >= 4 is 45.6 Å². The van der Waals surface area contributed by atoms with E-state index in [0.29, 0.717) is 11.3 Å². The molecule has 1 amide bonds. The topological polar surface area (TPSA) is 42.2 Å². The minimum Gasteiger partial charge on any atom is -0.457 e. The van der Waals surface area contributed by atoms with Crippen molar-refractivity contribution in [1.29, 1.82) is 0 Å². The van der Waals surface area contributed by atoms with Crippen LogP contribution in [-0.4, -0.2) is 11.4 Å². The molecular formula is C15H12BrNO2S. The molecule has 0 unspecified atom stereocenters. The van der Waals surface area contributed by atoms with Crippen molar-refractivity contribution in [2.45, 2.75) is 6.92 Å². The number of thiocarbonyl (C=S) groups is 1. The number of nitrogens with one attached hydrogen (secondary N) is 1. The van der Waals surface area contributed by atoms with Crippen LogP contribution >= 0.6 is 28.1 Å². The van der Waals surface area contributed by atoms with Gasteiger partial charge in [-0.1, -0.05) is 40.3 Å². The molecule has 0 bridgehead atoms. The summed E-state index contributed by atoms with van der Waals surface area (Å²) in [6.07, 6.45) is 1.68. The van der Waals surface area contributed by atoms with E-state index in [-0.39, 0.29) is 5.91 Å². The zero-order valence-electron chi connectivity index (χ0n) is 10.7. The first-order chi connectivity index (χ1) is 9.60. The van der Waals surface area contributed by atoms with Crippen LogP contribution in [0, 0.1) is 0 Å². The predicted molar refractivity (Wildman–Crippen MR) is 87.3 cm³/mol. The lowest BCUT2D eigenvalue weighted by Gasteiger charge is -1.98. The van der Waals surface area contributed by atoms with Gasteiger partial charge in [0.05, 0.1) is 5.49 Å². The Morgan fingerprint density at radius 3 is 2.60 bits per heavy atom. The number of benzene rings is 1. The molecular weight excluding hydrogens is 338 g/mol. The van der Waals surface area contributed by atoms with E-state index < -0.39 is 0 Å². The molecule has 5 heteroatoms. The smallest absolute Gasteiger partial charge is 0.251 e. The van der Waals surface area contributed by atoms with Gasteiger partial charge < -0.3 is 9.73 Å². The van der Waals surface area contributed by atoms with Gasteiger partial charge in [0.25, 0.3) is 5.91 Å². The van der Waals surface area contributed by atoms with Crippen LogP contribution in [0.25, 0.3) is 17.4 Å². The molecule has 1 N–H and O–H groups in total. The number of halogens is 1. The fourth-order valence-corrected chi connectivity index (χ4v) is 2.02. The summed E-state index contributed by atoms with van der Waals surface area (Å²) >= 11 is 7.97. The van der Waals surface area contributed by atoms with Gasteiger partial charge >= 0.3 is 0 Å². The van der Waals surface area contributed by atoms with Gasteiger partial charge in [0.15, 0.2) is 0 Å². The molecule has 0 fully saturated rings. The molecule has 0 radical (unpaired) electrons. The quantitative estimate of drug-likeness (QED) is 0.664. The zero-order valence-corrected chi connectivity index (χ0v) is 13.1. The van der Waals surface area contributed by atoms with Crippen molar-refractivity contribution < 1.29 is 9.21 Å². The molecule has 1 heterocycles. The highest BCUT2D eigenvalue weighted by Gasteiger charge is 2.06. The first-order valence-corrected chi connectivity index (χ1v) is 7.15. The van der Waals surface area contributed by atoms with Crippen LogP contribution in [0.3, 0.4) is 0 Å². The molecule has 0 saturated carbocycles. The maximum absolute atomic E-state index is 11.5. The molecule has 2 rings (SSSR count). The van der Waals surface area contributed by atoms with Crippen LogP contribution in [0.5, 0.6) is 0 Å². The van der Waals surface area contributed by atoms with E-state index in [0.717, 1.165) is 15.8 Å². The summed E-state index contributed by atoms with van der Waals surface area (Å²) in [5, 5.41) is 2.45. The lowest BCUT2D eigenvalue weighted by atomic mass is 10.2. The lowest BCUT2D eigenvalue weighted by Crippen LogP contribution is -2.20. The second-order valence-electron chi connectivity index (χ2n) is 4.13. The average molecular weight is 350 g/mol. The van der Waals surface area contributed by atoms with Gasteiger partial charge in [-0.2, -0.15) is 0 Å². The monoisotopic (exact) mass is 349 g/mol. The molecule has 0 saturated heterocycles. The van der Waals surface area contributed by atoms with Crippen molar-refractivity contribution in [3.05, 3.63) is 52.2 Å². The van der Waals surface area contributed by atoms with E-state index in [1.54, 1.807) is 13.0 Å². The van der Waals surface area contributed by atoms with E-state index in [1.807, 2.05) is 36.4 Å². The third kappa shape index (κ3) is 3.65. The van der Waals surface area contributed by atoms with E-state index in [1.165, 1.54) is 5.49 Å². The molecule has 1 aromatic heterocycles. The lowest BCUT2D eigenvalue weighted by molar-refractivity contribution is -0.115. The van der Waals surface area contributed by atoms with Gasteiger partial charge in [0, 0.05) is 15.6 Å². The third-order valence-electron chi connectivity index (χ3n) is 2.66. The summed E-state index contributed by atoms with van der Waals surface area (Å²) in [6.45, 7) is 1.70. The number of hydrogen-bond donors (Lipinski definition) is 1. The molecule has 20 heavy (non-hydrogen) atoms. The fraction of sp³-hybridized carbons (Fsp3) is 0.0667. The van der Waals surface area contributed by atoms with Gasteiger partial charge in [0.2, 0.25) is 0 Å². The molecule has 0 aliphatic heterocycles. The minimum absolute atomic E-state index is 0.235. The number of carbonyl (C=O) groups excluding carboxylic acids is 1. The van der Waals surface area contributed by atoms with Crippen LogP contribution in [-0.2, 0) is 4.79 Å². The van der Waals surface area contributed by atoms with E-state index >= 15 is 0 Å². The van der Waals surface area contributed by atoms with Crippen molar-refractivity contribution in [3.63, 3.8) is 0 Å². The van der Waals surface area contributed by atoms with E-state index in [2.05, 4.69) is 33.5 Å². The Labute approximate surface area is 130 Å². The molecule has 0 aliphatic rings. The van der Waals surface area contributed by atoms with Gasteiger partial charge in [-0.3, -0.25) is 4.79 Å². The Morgan fingerprint density at radius 2 is 1.95 bits per heavy atom. The van der Waals surface area contributed by atoms with Crippen LogP contribution in [0.1, 0.15) is 12.7 Å². The number of amides is 1. The van der Waals surface area contributed by atoms with Crippen LogP contribution in [0.2, 0.25) is 0 Å². The molecule has 1 aromatic carbocycles. The Balaban J connectivity index is 2.21. The van der Waals surface area contributed by atoms with Crippen molar-refractivity contribution in [1.82, 2.24) is 5.32 Å². The van der Waals surface area contributed by atoms with Crippen LogP contribution in [0.4, 0.5) is 0 Å². The van der Waals surface area contributed by atoms with Gasteiger partial charge in [0.1, 0.15) is 11.5 Å². The van der Waals surface area contributed by atoms with Crippen molar-refractivity contribution in [3.8, 4) is 11.3 Å². The minimum atomic E-state index is -0.235. The first kappa shape index (κ1) is 14.7. The summed E-state index contributed by atoms with van der Waals surface area (Å²) in [7, 11) is 0. The molecule has 102 valence electrons. The predicted octanol–water partition coefficient (Wildman–Crippen LogP) is 4.19. The van der Waals surface area contributed by atoms with Crippen LogP contribution in [0.15, 0.2) is 50.9 Å². The highest BCUT2D eigenvalue weighted by Crippen LogP contribution is 2.24. The SMILES string of the molecule is C/C(=C/c1ccc(-c2ccc(Br)cc2)o1)C(=O)NC=S. The molecule has 0 atom stereocenters. The second-order valence-corrected chi connectivity index (χ2v) is 5.28. The average Bonchev–Trinajstić information content (AvgIpc) is 2.88. The maximum Gasteiger partial charge on any atom is 0.251 e. The number of rotatable bonds is 4. The molecule has 0 spiro atoms. The maximum atomic E-state index is 11.5. The fourth-order valence-electron chi connectivity index (χ4n) is 1.65. The number of carbonyl (C=O) groups is 1. The van der Waals surface area contributed by atoms with Crippen molar-refractivity contribution in [2.75, 3.05) is 0 Å². The summed E-state index contributed by atoms with van der Waals surface area (Å²) in [5.41, 5.74) is 2.70. The molecule has 3 nitrogen and oxygen atoms in total. The Hall–Kier alpha value is -1.72. The largest absolute Gasteiger partial charge is 0.457 e. The summed E-state index contributed by atoms with van der Waals surface area (Å²) in [4.78, 5) is 11.5. The standard InChI is InChI=1S/C15H12BrNO2S/c1-10(15(18)17-9-20)8-13-6-7-14(19-13)11-2-4-12(16)5-3-11/h2-9H,1H3,(H,17,18,20)/b10-8-. The summed E-state index contributed by atoms with van der Waals surface area (Å²) < 4.78 is 6.72. The van der Waals surface area contributed by atoms with Crippen molar-refractivity contribution in [2.24, 2.45) is 0 Å². The summed E-state index contributed by atoms with van der Waals surface area (Å²) in [5.74, 6) is 1.15.